The molecule has 1 aromatic carbocycles. The van der Waals surface area contributed by atoms with Crippen LogP contribution in [-0.2, 0) is 4.79 Å². The van der Waals surface area contributed by atoms with Crippen molar-refractivity contribution in [2.75, 3.05) is 37.7 Å². The average Bonchev–Trinajstić information content (AvgIpc) is 2.55. The smallest absolute Gasteiger partial charge is 0.241 e. The second-order valence-electron chi connectivity index (χ2n) is 5.49. The summed E-state index contributed by atoms with van der Waals surface area (Å²) in [4.78, 5) is 14.9. The zero-order valence-electron chi connectivity index (χ0n) is 12.5. The molecule has 116 valence electrons. The normalized spacial score (nSPS) is 19.0. The van der Waals surface area contributed by atoms with Gasteiger partial charge in [0, 0.05) is 37.7 Å². The number of hydrogen-bond donors (Lipinski definition) is 2. The van der Waals surface area contributed by atoms with Crippen molar-refractivity contribution in [1.82, 2.24) is 10.2 Å². The van der Waals surface area contributed by atoms with Gasteiger partial charge in [0.2, 0.25) is 5.91 Å². The summed E-state index contributed by atoms with van der Waals surface area (Å²) in [6.45, 7) is 4.41. The van der Waals surface area contributed by atoms with Crippen molar-refractivity contribution in [3.05, 3.63) is 35.9 Å². The molecule has 1 saturated heterocycles. The lowest BCUT2D eigenvalue weighted by Gasteiger charge is -2.33. The van der Waals surface area contributed by atoms with Gasteiger partial charge in [-0.1, -0.05) is 37.3 Å². The third-order valence-electron chi connectivity index (χ3n) is 3.71. The molecule has 1 aromatic rings. The number of amides is 1. The van der Waals surface area contributed by atoms with Crippen LogP contribution in [0.25, 0.3) is 0 Å². The number of nitrogens with zero attached hydrogens (tertiary/aromatic N) is 1. The molecular formula is C16H24N2O2S. The molecular weight excluding hydrogens is 284 g/mol. The Balaban J connectivity index is 2.09. The molecule has 1 aliphatic heterocycles. The van der Waals surface area contributed by atoms with Crippen LogP contribution in [0.15, 0.2) is 30.3 Å². The SMILES string of the molecule is CC(CO)CNC(=O)C(c1ccccc1)N1CCSCC1. The monoisotopic (exact) mass is 308 g/mol. The highest BCUT2D eigenvalue weighted by Gasteiger charge is 2.28. The number of rotatable bonds is 6. The summed E-state index contributed by atoms with van der Waals surface area (Å²) < 4.78 is 0. The Hall–Kier alpha value is -1.04. The lowest BCUT2D eigenvalue weighted by atomic mass is 10.0. The molecule has 1 amide bonds. The van der Waals surface area contributed by atoms with Crippen LogP contribution in [0, 0.1) is 5.92 Å². The van der Waals surface area contributed by atoms with Crippen molar-refractivity contribution < 1.29 is 9.90 Å². The van der Waals surface area contributed by atoms with Gasteiger partial charge in [0.1, 0.15) is 6.04 Å². The minimum atomic E-state index is -0.224. The Labute approximate surface area is 130 Å². The zero-order chi connectivity index (χ0) is 15.1. The molecule has 0 bridgehead atoms. The number of benzene rings is 1. The van der Waals surface area contributed by atoms with E-state index in [0.717, 1.165) is 30.2 Å². The summed E-state index contributed by atoms with van der Waals surface area (Å²) in [6, 6.07) is 9.73. The minimum absolute atomic E-state index is 0.0356. The van der Waals surface area contributed by atoms with Crippen molar-refractivity contribution in [2.24, 2.45) is 5.92 Å². The van der Waals surface area contributed by atoms with Gasteiger partial charge in [0.05, 0.1) is 0 Å². The first-order valence-electron chi connectivity index (χ1n) is 7.47. The number of aliphatic hydroxyl groups excluding tert-OH is 1. The van der Waals surface area contributed by atoms with E-state index < -0.39 is 0 Å². The second-order valence-corrected chi connectivity index (χ2v) is 6.72. The summed E-state index contributed by atoms with van der Waals surface area (Å²) >= 11 is 1.94. The molecule has 5 heteroatoms. The fourth-order valence-corrected chi connectivity index (χ4v) is 3.37. The maximum atomic E-state index is 12.6. The number of nitrogens with one attached hydrogen (secondary N) is 1. The van der Waals surface area contributed by atoms with E-state index >= 15 is 0 Å². The van der Waals surface area contributed by atoms with E-state index in [9.17, 15) is 4.79 Å². The first-order chi connectivity index (χ1) is 10.2. The fourth-order valence-electron chi connectivity index (χ4n) is 2.44. The van der Waals surface area contributed by atoms with Crippen LogP contribution in [0.4, 0.5) is 0 Å². The van der Waals surface area contributed by atoms with Gasteiger partial charge in [-0.3, -0.25) is 9.69 Å². The van der Waals surface area contributed by atoms with Crippen molar-refractivity contribution >= 4 is 17.7 Å². The van der Waals surface area contributed by atoms with Gasteiger partial charge in [0.25, 0.3) is 0 Å². The highest BCUT2D eigenvalue weighted by atomic mass is 32.2. The van der Waals surface area contributed by atoms with E-state index in [1.54, 1.807) is 0 Å². The fraction of sp³-hybridized carbons (Fsp3) is 0.562. The number of carbonyl (C=O) groups excluding carboxylic acids is 1. The Bertz CT molecular complexity index is 435. The molecule has 1 heterocycles. The summed E-state index contributed by atoms with van der Waals surface area (Å²) in [5.74, 6) is 2.27. The molecule has 1 aliphatic rings. The van der Waals surface area contributed by atoms with E-state index in [1.807, 2.05) is 49.0 Å². The molecule has 0 saturated carbocycles. The number of aliphatic hydroxyl groups is 1. The molecule has 0 spiro atoms. The lowest BCUT2D eigenvalue weighted by Crippen LogP contribution is -2.45. The molecule has 0 aliphatic carbocycles. The Kier molecular flexibility index (Phi) is 6.54. The highest BCUT2D eigenvalue weighted by Crippen LogP contribution is 2.24. The van der Waals surface area contributed by atoms with Gasteiger partial charge in [-0.2, -0.15) is 11.8 Å². The molecule has 2 unspecified atom stereocenters. The molecule has 2 atom stereocenters. The summed E-state index contributed by atoms with van der Waals surface area (Å²) in [6.07, 6.45) is 0. The maximum Gasteiger partial charge on any atom is 0.241 e. The van der Waals surface area contributed by atoms with Gasteiger partial charge >= 0.3 is 0 Å². The largest absolute Gasteiger partial charge is 0.396 e. The number of thioether (sulfide) groups is 1. The van der Waals surface area contributed by atoms with E-state index in [1.165, 1.54) is 0 Å². The Morgan fingerprint density at radius 3 is 2.62 bits per heavy atom. The molecule has 4 nitrogen and oxygen atoms in total. The molecule has 2 N–H and O–H groups in total. The van der Waals surface area contributed by atoms with Crippen LogP contribution >= 0.6 is 11.8 Å². The first-order valence-corrected chi connectivity index (χ1v) is 8.63. The van der Waals surface area contributed by atoms with E-state index in [4.69, 9.17) is 5.11 Å². The first kappa shape index (κ1) is 16.3. The summed E-state index contributed by atoms with van der Waals surface area (Å²) in [7, 11) is 0. The Morgan fingerprint density at radius 1 is 1.33 bits per heavy atom. The van der Waals surface area contributed by atoms with Crippen LogP contribution in [0.2, 0.25) is 0 Å². The van der Waals surface area contributed by atoms with Crippen LogP contribution in [0.1, 0.15) is 18.5 Å². The van der Waals surface area contributed by atoms with Crippen LogP contribution in [0.5, 0.6) is 0 Å². The molecule has 1 fully saturated rings. The van der Waals surface area contributed by atoms with Gasteiger partial charge in [-0.05, 0) is 11.5 Å². The topological polar surface area (TPSA) is 52.6 Å². The van der Waals surface area contributed by atoms with Crippen LogP contribution in [-0.4, -0.2) is 53.7 Å². The third kappa shape index (κ3) is 4.73. The molecule has 0 aromatic heterocycles. The lowest BCUT2D eigenvalue weighted by molar-refractivity contribution is -0.126. The van der Waals surface area contributed by atoms with Gasteiger partial charge in [-0.25, -0.2) is 0 Å². The third-order valence-corrected chi connectivity index (χ3v) is 4.65. The van der Waals surface area contributed by atoms with Gasteiger partial charge in [-0.15, -0.1) is 0 Å². The summed E-state index contributed by atoms with van der Waals surface area (Å²) in [5, 5.41) is 12.1. The maximum absolute atomic E-state index is 12.6. The predicted octanol–water partition coefficient (Wildman–Crippen LogP) is 1.52. The highest BCUT2D eigenvalue weighted by molar-refractivity contribution is 7.99. The Morgan fingerprint density at radius 2 is 2.00 bits per heavy atom. The van der Waals surface area contributed by atoms with E-state index in [2.05, 4.69) is 10.2 Å². The zero-order valence-corrected chi connectivity index (χ0v) is 13.3. The minimum Gasteiger partial charge on any atom is -0.396 e. The summed E-state index contributed by atoms with van der Waals surface area (Å²) in [5.41, 5.74) is 1.04. The number of hydrogen-bond acceptors (Lipinski definition) is 4. The second kappa shape index (κ2) is 8.41. The molecule has 21 heavy (non-hydrogen) atoms. The van der Waals surface area contributed by atoms with Crippen LogP contribution < -0.4 is 5.32 Å². The van der Waals surface area contributed by atoms with Crippen molar-refractivity contribution in [3.8, 4) is 0 Å². The van der Waals surface area contributed by atoms with Gasteiger partial charge < -0.3 is 10.4 Å². The average molecular weight is 308 g/mol. The number of carbonyl (C=O) groups is 1. The molecule has 0 radical (unpaired) electrons. The van der Waals surface area contributed by atoms with E-state index in [-0.39, 0.29) is 24.5 Å². The van der Waals surface area contributed by atoms with Gasteiger partial charge in [0.15, 0.2) is 0 Å². The van der Waals surface area contributed by atoms with Crippen molar-refractivity contribution in [2.45, 2.75) is 13.0 Å². The molecule has 2 rings (SSSR count). The van der Waals surface area contributed by atoms with Crippen molar-refractivity contribution in [3.63, 3.8) is 0 Å². The quantitative estimate of drug-likeness (QED) is 0.837. The standard InChI is InChI=1S/C16H24N2O2S/c1-13(12-19)11-17-16(20)15(14-5-3-2-4-6-14)18-7-9-21-10-8-18/h2-6,13,15,19H,7-12H2,1H3,(H,17,20). The van der Waals surface area contributed by atoms with E-state index in [0.29, 0.717) is 6.54 Å². The predicted molar refractivity (Wildman–Crippen MR) is 87.3 cm³/mol. The van der Waals surface area contributed by atoms with Crippen molar-refractivity contribution in [1.29, 1.82) is 0 Å². The van der Waals surface area contributed by atoms with Crippen LogP contribution in [0.3, 0.4) is 0 Å².